The van der Waals surface area contributed by atoms with Gasteiger partial charge in [-0.05, 0) is 0 Å². The van der Waals surface area contributed by atoms with Crippen molar-refractivity contribution in [3.05, 3.63) is 0 Å². The van der Waals surface area contributed by atoms with E-state index in [1.807, 2.05) is 0 Å². The number of hydrogen-bond acceptors (Lipinski definition) is 53. The van der Waals surface area contributed by atoms with Gasteiger partial charge in [0.25, 0.3) is 0 Å². The number of rotatable bonds is 39. The topological polar surface area (TPSA) is 905 Å². The Balaban J connectivity index is 0.939. The van der Waals surface area contributed by atoms with E-state index in [1.165, 1.54) is 0 Å². The van der Waals surface area contributed by atoms with Crippen LogP contribution in [0.15, 0.2) is 0 Å². The maximum atomic E-state index is 13.5. The van der Waals surface area contributed by atoms with Gasteiger partial charge < -0.3 is 265 Å². The van der Waals surface area contributed by atoms with Gasteiger partial charge in [0.15, 0.2) is 62.9 Å². The van der Waals surface area contributed by atoms with Gasteiger partial charge in [-0.1, -0.05) is 0 Å². The molecule has 0 spiro atoms. The molecule has 10 heterocycles. The molecular weight excluding hydrogens is 1820 g/mol. The van der Waals surface area contributed by atoms with Crippen molar-refractivity contribution in [2.24, 2.45) is 0 Å². The SMILES string of the molecule is CC(=O)N[C@H]1[C@H](OC[C@H]2O[C@@H](O[C@H]3[C@H](O)[C@@H](NC(C)=O)[C@H](O[C@H]4[C@@H](O)[C@@H](CO[C@@H]5O[C@H](CO)[C@@H](O)[C@H](O)[C@H]5NC(C)=O)O[C@@H](O[C@H]5[C@H](O)[C@@H](NC(C)=O)[C@H](O[C@H]6[C@@H](O)[C@@H](CO)O[C@@H](O[C@H]7[C@H](O)[C@@H](O)[C@H](OC[C@@H](CO)NC=O)O[C@@H]7CO)[C@@H]6O)O[C@@H]5CO)[C@@H]4O)O[C@@H]3CO)[C@H](O)[C@@H](O[C@@H]3O[C@H](CO)[C@@H](O)[C@H](O)[C@H]3NC(C)=O)[C@H]2O)O[C@H](CO)[C@@H](O[C@@H]2O[C@H](CO)[C@H](O)[C@H](O)[C@H]2O)[C@@H]1O. The van der Waals surface area contributed by atoms with Gasteiger partial charge in [-0.2, -0.15) is 0 Å². The lowest BCUT2D eigenvalue weighted by Gasteiger charge is -2.51. The van der Waals surface area contributed by atoms with E-state index in [2.05, 4.69) is 31.9 Å². The third-order valence-electron chi connectivity index (χ3n) is 23.8. The van der Waals surface area contributed by atoms with Gasteiger partial charge in [-0.15, -0.1) is 0 Å². The molecule has 33 N–H and O–H groups in total. The molecule has 59 heteroatoms. The molecule has 10 saturated heterocycles. The molecule has 10 aliphatic rings. The highest BCUT2D eigenvalue weighted by Gasteiger charge is 2.62. The Hall–Kier alpha value is -5.06. The van der Waals surface area contributed by atoms with Crippen LogP contribution in [-0.4, -0.2) is 566 Å². The summed E-state index contributed by atoms with van der Waals surface area (Å²) in [5.74, 6) is -4.72. The molecule has 6 amide bonds. The molecule has 10 rings (SSSR count). The van der Waals surface area contributed by atoms with E-state index in [0.717, 1.165) is 34.6 Å². The minimum Gasteiger partial charge on any atom is -0.394 e. The zero-order valence-corrected chi connectivity index (χ0v) is 71.7. The Morgan fingerprint density at radius 3 is 0.805 bits per heavy atom. The van der Waals surface area contributed by atoms with Crippen molar-refractivity contribution in [1.29, 1.82) is 0 Å². The van der Waals surface area contributed by atoms with Gasteiger partial charge in [0.05, 0.1) is 85.3 Å². The average molecular weight is 1950 g/mol. The summed E-state index contributed by atoms with van der Waals surface area (Å²) >= 11 is 0. The summed E-state index contributed by atoms with van der Waals surface area (Å²) < 4.78 is 119. The van der Waals surface area contributed by atoms with Crippen LogP contribution in [0.3, 0.4) is 0 Å². The van der Waals surface area contributed by atoms with Crippen LogP contribution in [0, 0.1) is 0 Å². The van der Waals surface area contributed by atoms with E-state index >= 15 is 0 Å². The van der Waals surface area contributed by atoms with Crippen LogP contribution in [0.1, 0.15) is 34.6 Å². The molecule has 0 aromatic carbocycles. The first kappa shape index (κ1) is 110. The quantitative estimate of drug-likeness (QED) is 0.0254. The maximum Gasteiger partial charge on any atom is 0.217 e. The molecule has 0 unspecified atom stereocenters. The van der Waals surface area contributed by atoms with Crippen molar-refractivity contribution < 1.29 is 261 Å². The number of amides is 6. The fourth-order valence-corrected chi connectivity index (χ4v) is 16.9. The Morgan fingerprint density at radius 2 is 0.481 bits per heavy atom. The van der Waals surface area contributed by atoms with Crippen LogP contribution in [0.25, 0.3) is 0 Å². The van der Waals surface area contributed by atoms with E-state index in [-0.39, 0.29) is 6.41 Å². The van der Waals surface area contributed by atoms with Crippen LogP contribution in [-0.2, 0) is 124 Å². The lowest BCUT2D eigenvalue weighted by atomic mass is 9.93. The normalized spacial score (nSPS) is 46.7. The first-order valence-corrected chi connectivity index (χ1v) is 42.3. The monoisotopic (exact) mass is 1940 g/mol. The second-order valence-corrected chi connectivity index (χ2v) is 33.2. The van der Waals surface area contributed by atoms with Crippen LogP contribution in [0.2, 0.25) is 0 Å². The Kier molecular flexibility index (Phi) is 40.8. The predicted molar refractivity (Wildman–Crippen MR) is 411 cm³/mol. The molecule has 768 valence electrons. The Morgan fingerprint density at radius 1 is 0.248 bits per heavy atom. The molecule has 0 radical (unpaired) electrons. The summed E-state index contributed by atoms with van der Waals surface area (Å²) in [7, 11) is 0. The second kappa shape index (κ2) is 49.4. The van der Waals surface area contributed by atoms with Gasteiger partial charge in [-0.3, -0.25) is 28.8 Å². The highest BCUT2D eigenvalue weighted by atomic mass is 16.8. The van der Waals surface area contributed by atoms with Crippen LogP contribution < -0.4 is 31.9 Å². The first-order chi connectivity index (χ1) is 63.1. The van der Waals surface area contributed by atoms with E-state index in [4.69, 9.17) is 94.7 Å². The van der Waals surface area contributed by atoms with Crippen LogP contribution in [0.5, 0.6) is 0 Å². The fourth-order valence-electron chi connectivity index (χ4n) is 16.9. The molecule has 10 aliphatic heterocycles. The molecule has 0 bridgehead atoms. The summed E-state index contributed by atoms with van der Waals surface area (Å²) in [4.78, 5) is 75.8. The van der Waals surface area contributed by atoms with Gasteiger partial charge in [-0.25, -0.2) is 0 Å². The Bertz CT molecular complexity index is 3630. The third-order valence-corrected chi connectivity index (χ3v) is 23.8. The molecule has 0 saturated carbocycles. The number of aliphatic hydroxyl groups is 27. The van der Waals surface area contributed by atoms with E-state index in [9.17, 15) is 167 Å². The highest BCUT2D eigenvalue weighted by Crippen LogP contribution is 2.41. The van der Waals surface area contributed by atoms with Gasteiger partial charge in [0.1, 0.15) is 244 Å². The minimum absolute atomic E-state index is 0.239. The summed E-state index contributed by atoms with van der Waals surface area (Å²) in [6.07, 6.45) is -93.6. The summed E-state index contributed by atoms with van der Waals surface area (Å²) in [5.41, 5.74) is 0. The molecule has 51 atom stereocenters. The first-order valence-electron chi connectivity index (χ1n) is 42.3. The van der Waals surface area contributed by atoms with Crippen molar-refractivity contribution in [3.8, 4) is 0 Å². The predicted octanol–water partition coefficient (Wildman–Crippen LogP) is -23.0. The standard InChI is InChI=1S/C74H124N6O53/c1-19(91)76-35-46(102)40(96)25(7-82)117-65(35)115-16-33-45(101)64(57(113)74(125-33)129-59-30(12-87)122-68(38(49(59)105)79-22(4)94)131-62-43(99)28(10-85)120-72(55(62)111)130-61-32(14-89)124-70(54(110)52(61)108)114-15-24(6-81)75-18-90)133-69-39(80-23(5)95)50(106)60(31(13-88)123-69)128-73-56(112)63(132-67-36(77-20(2)92)47(103)41(97)26(8-83)118-67)44(100)34(126-73)17-116-66-37(78-21(3)93)48(104)58(29(11-86)121-66)127-71-53(109)51(107)42(98)27(9-84)119-71/h18,24-74,81-89,96-113H,6-17H2,1-5H3,(H,75,90)(H,76,91)(H,77,92)(H,78,93)(H,79,94)(H,80,95)/t24-,25-,26-,27-,28-,29-,30-,31-,32-,33-,34-,35-,36-,37-,38-,39-,40-,41-,42+,43+,44+,45+,46-,47-,48-,49-,50-,51+,52-,53-,54-,55-,56-,57-,58-,59-,60-,61-,62+,63+,64+,65-,66-,67+,68+,69+,70-,71+,72+,73+,74+/m1/s1. The lowest BCUT2D eigenvalue weighted by molar-refractivity contribution is -0.391. The molecule has 0 aromatic rings. The maximum absolute atomic E-state index is 13.5. The molecular formula is C74H124N6O53. The fraction of sp³-hybridized carbons (Fsp3) is 0.919. The number of carbonyl (C=O) groups excluding carboxylic acids is 6. The van der Waals surface area contributed by atoms with E-state index in [1.54, 1.807) is 0 Å². The van der Waals surface area contributed by atoms with Crippen LogP contribution >= 0.6 is 0 Å². The lowest BCUT2D eigenvalue weighted by Crippen LogP contribution is -2.71. The molecule has 0 aliphatic carbocycles. The molecule has 0 aromatic heterocycles. The number of carbonyl (C=O) groups is 6. The zero-order valence-electron chi connectivity index (χ0n) is 71.7. The Labute approximate surface area is 753 Å². The van der Waals surface area contributed by atoms with Crippen molar-refractivity contribution >= 4 is 35.9 Å². The number of hydrogen-bond donors (Lipinski definition) is 33. The second-order valence-electron chi connectivity index (χ2n) is 33.2. The number of aliphatic hydroxyl groups excluding tert-OH is 27. The van der Waals surface area contributed by atoms with Crippen molar-refractivity contribution in [2.75, 3.05) is 79.3 Å². The smallest absolute Gasteiger partial charge is 0.217 e. The van der Waals surface area contributed by atoms with Crippen LogP contribution in [0.4, 0.5) is 0 Å². The summed E-state index contributed by atoms with van der Waals surface area (Å²) in [6, 6.07) is -10.6. The van der Waals surface area contributed by atoms with E-state index < -0.39 is 422 Å². The molecule has 59 nitrogen and oxygen atoms in total. The summed E-state index contributed by atoms with van der Waals surface area (Å²) in [6.45, 7) is -7.43. The van der Waals surface area contributed by atoms with Crippen molar-refractivity contribution in [2.45, 2.75) is 347 Å². The van der Waals surface area contributed by atoms with E-state index in [0.29, 0.717) is 0 Å². The van der Waals surface area contributed by atoms with Gasteiger partial charge in [0, 0.05) is 34.6 Å². The minimum atomic E-state index is -2.57. The molecule has 133 heavy (non-hydrogen) atoms. The molecule has 10 fully saturated rings. The van der Waals surface area contributed by atoms with Crippen molar-refractivity contribution in [3.63, 3.8) is 0 Å². The number of ether oxygens (including phenoxy) is 20. The van der Waals surface area contributed by atoms with Gasteiger partial charge >= 0.3 is 0 Å². The average Bonchev–Trinajstić information content (AvgIpc) is 0.765. The van der Waals surface area contributed by atoms with Crippen molar-refractivity contribution in [1.82, 2.24) is 31.9 Å². The largest absolute Gasteiger partial charge is 0.394 e. The number of nitrogens with one attached hydrogen (secondary N) is 6. The summed E-state index contributed by atoms with van der Waals surface area (Å²) in [5, 5.41) is 317. The zero-order chi connectivity index (χ0) is 97.9. The highest BCUT2D eigenvalue weighted by molar-refractivity contribution is 5.75. The van der Waals surface area contributed by atoms with Gasteiger partial charge in [0.2, 0.25) is 35.9 Å². The third kappa shape index (κ3) is 25.5.